The monoisotopic (exact) mass is 296 g/mol. The minimum atomic E-state index is 0.0445. The van der Waals surface area contributed by atoms with E-state index in [1.165, 1.54) is 24.2 Å². The number of anilines is 2. The summed E-state index contributed by atoms with van der Waals surface area (Å²) < 4.78 is 0. The molecule has 0 spiro atoms. The molecule has 1 aliphatic rings. The topological polar surface area (TPSA) is 62.5 Å². The number of nitrogens with two attached hydrogens (primary N) is 1. The highest BCUT2D eigenvalue weighted by molar-refractivity contribution is 7.18. The van der Waals surface area contributed by atoms with Crippen LogP contribution in [0.3, 0.4) is 0 Å². The van der Waals surface area contributed by atoms with Gasteiger partial charge in [-0.25, -0.2) is 4.98 Å². The normalized spacial score (nSPS) is 16.4. The van der Waals surface area contributed by atoms with E-state index >= 15 is 0 Å². The molecule has 112 valence electrons. The van der Waals surface area contributed by atoms with Gasteiger partial charge >= 0.3 is 0 Å². The average molecular weight is 296 g/mol. The average Bonchev–Trinajstić information content (AvgIpc) is 2.81. The Balaban J connectivity index is 2.02. The number of nitrogen functional groups attached to an aromatic ring is 1. The van der Waals surface area contributed by atoms with Crippen molar-refractivity contribution >= 4 is 28.2 Å². The van der Waals surface area contributed by atoms with Crippen molar-refractivity contribution < 1.29 is 4.79 Å². The summed E-state index contributed by atoms with van der Waals surface area (Å²) in [5.41, 5.74) is 5.89. The van der Waals surface area contributed by atoms with E-state index in [2.05, 4.69) is 11.9 Å². The molecule has 1 saturated heterocycles. The van der Waals surface area contributed by atoms with E-state index in [-0.39, 0.29) is 5.91 Å². The molecule has 0 bridgehead atoms. The highest BCUT2D eigenvalue weighted by Crippen LogP contribution is 2.30. The third-order valence-electron chi connectivity index (χ3n) is 3.82. The summed E-state index contributed by atoms with van der Waals surface area (Å²) in [7, 11) is 3.81. The van der Waals surface area contributed by atoms with Gasteiger partial charge in [0.2, 0.25) is 0 Å². The number of hydrogen-bond acceptors (Lipinski definition) is 5. The summed E-state index contributed by atoms with van der Waals surface area (Å²) >= 11 is 1.38. The van der Waals surface area contributed by atoms with E-state index in [0.29, 0.717) is 10.7 Å². The van der Waals surface area contributed by atoms with Crippen molar-refractivity contribution in [2.45, 2.75) is 32.6 Å². The SMILES string of the molecule is CCCC1CCN(C(=O)c2sc(N(C)C)nc2N)CC1. The molecule has 1 aliphatic heterocycles. The molecular weight excluding hydrogens is 272 g/mol. The Bertz CT molecular complexity index is 464. The molecule has 20 heavy (non-hydrogen) atoms. The minimum absolute atomic E-state index is 0.0445. The lowest BCUT2D eigenvalue weighted by molar-refractivity contribution is 0.0692. The van der Waals surface area contributed by atoms with Gasteiger partial charge in [-0.15, -0.1) is 0 Å². The highest BCUT2D eigenvalue weighted by atomic mass is 32.1. The van der Waals surface area contributed by atoms with Gasteiger partial charge in [0, 0.05) is 27.2 Å². The molecule has 0 atom stereocenters. The second-order valence-corrected chi connectivity index (χ2v) is 6.61. The number of nitrogens with zero attached hydrogens (tertiary/aromatic N) is 3. The van der Waals surface area contributed by atoms with Gasteiger partial charge < -0.3 is 15.5 Å². The second kappa shape index (κ2) is 6.43. The maximum atomic E-state index is 12.5. The molecule has 0 radical (unpaired) electrons. The third kappa shape index (κ3) is 3.23. The molecule has 2 N–H and O–H groups in total. The Morgan fingerprint density at radius 3 is 2.60 bits per heavy atom. The van der Waals surface area contributed by atoms with Gasteiger partial charge in [0.05, 0.1) is 0 Å². The van der Waals surface area contributed by atoms with Crippen LogP contribution in [0.1, 0.15) is 42.3 Å². The molecule has 1 aromatic heterocycles. The first-order chi connectivity index (χ1) is 9.52. The Hall–Kier alpha value is -1.30. The zero-order chi connectivity index (χ0) is 14.7. The van der Waals surface area contributed by atoms with Crippen molar-refractivity contribution in [1.29, 1.82) is 0 Å². The van der Waals surface area contributed by atoms with E-state index in [9.17, 15) is 4.79 Å². The molecule has 0 aliphatic carbocycles. The molecule has 0 saturated carbocycles. The van der Waals surface area contributed by atoms with Gasteiger partial charge in [-0.05, 0) is 18.8 Å². The fraction of sp³-hybridized carbons (Fsp3) is 0.714. The number of carbonyl (C=O) groups excluding carboxylic acids is 1. The van der Waals surface area contributed by atoms with Crippen molar-refractivity contribution in [3.05, 3.63) is 4.88 Å². The van der Waals surface area contributed by atoms with Crippen LogP contribution in [0.25, 0.3) is 0 Å². The van der Waals surface area contributed by atoms with Crippen molar-refractivity contribution in [3.63, 3.8) is 0 Å². The molecule has 1 aromatic rings. The van der Waals surface area contributed by atoms with Crippen LogP contribution in [0.2, 0.25) is 0 Å². The number of carbonyl (C=O) groups is 1. The Morgan fingerprint density at radius 1 is 1.45 bits per heavy atom. The summed E-state index contributed by atoms with van der Waals surface area (Å²) in [4.78, 5) is 21.2. The van der Waals surface area contributed by atoms with Crippen LogP contribution in [-0.4, -0.2) is 43.0 Å². The molecule has 1 fully saturated rings. The lowest BCUT2D eigenvalue weighted by atomic mass is 9.92. The van der Waals surface area contributed by atoms with Gasteiger partial charge in [0.1, 0.15) is 10.7 Å². The minimum Gasteiger partial charge on any atom is -0.382 e. The predicted molar refractivity (Wildman–Crippen MR) is 84.4 cm³/mol. The maximum Gasteiger partial charge on any atom is 0.267 e. The van der Waals surface area contributed by atoms with Crippen LogP contribution in [0.4, 0.5) is 10.9 Å². The van der Waals surface area contributed by atoms with Gasteiger partial charge in [-0.1, -0.05) is 31.1 Å². The summed E-state index contributed by atoms with van der Waals surface area (Å²) in [5, 5.41) is 0.784. The number of thiazole rings is 1. The molecular formula is C14H24N4OS. The van der Waals surface area contributed by atoms with Crippen molar-refractivity contribution in [1.82, 2.24) is 9.88 Å². The first-order valence-electron chi connectivity index (χ1n) is 7.25. The summed E-state index contributed by atoms with van der Waals surface area (Å²) in [6.07, 6.45) is 4.72. The van der Waals surface area contributed by atoms with E-state index < -0.39 is 0 Å². The van der Waals surface area contributed by atoms with Crippen LogP contribution >= 0.6 is 11.3 Å². The standard InChI is InChI=1S/C14H24N4OS/c1-4-5-10-6-8-18(9-7-10)13(19)11-12(15)16-14(20-11)17(2)3/h10H,4-9,15H2,1-3H3. The third-order valence-corrected chi connectivity index (χ3v) is 5.04. The second-order valence-electron chi connectivity index (χ2n) is 5.63. The van der Waals surface area contributed by atoms with Gasteiger partial charge in [-0.2, -0.15) is 0 Å². The smallest absolute Gasteiger partial charge is 0.267 e. The van der Waals surface area contributed by atoms with Crippen LogP contribution in [-0.2, 0) is 0 Å². The number of amides is 1. The van der Waals surface area contributed by atoms with Gasteiger partial charge in [-0.3, -0.25) is 4.79 Å². The lowest BCUT2D eigenvalue weighted by Gasteiger charge is -2.31. The number of hydrogen-bond donors (Lipinski definition) is 1. The summed E-state index contributed by atoms with van der Waals surface area (Å²) in [6.45, 7) is 3.91. The predicted octanol–water partition coefficient (Wildman–Crippen LogP) is 2.44. The van der Waals surface area contributed by atoms with Crippen molar-refractivity contribution in [3.8, 4) is 0 Å². The molecule has 0 unspecified atom stereocenters. The first kappa shape index (κ1) is 15.1. The van der Waals surface area contributed by atoms with Crippen LogP contribution in [0, 0.1) is 5.92 Å². The molecule has 2 rings (SSSR count). The number of likely N-dealkylation sites (tertiary alicyclic amines) is 1. The van der Waals surface area contributed by atoms with E-state index in [1.54, 1.807) is 0 Å². The number of rotatable bonds is 4. The maximum absolute atomic E-state index is 12.5. The molecule has 0 aromatic carbocycles. The molecule has 1 amide bonds. The lowest BCUT2D eigenvalue weighted by Crippen LogP contribution is -2.38. The Kier molecular flexibility index (Phi) is 4.86. The van der Waals surface area contributed by atoms with Crippen molar-refractivity contribution in [2.24, 2.45) is 5.92 Å². The fourth-order valence-electron chi connectivity index (χ4n) is 2.64. The van der Waals surface area contributed by atoms with Gasteiger partial charge in [0.25, 0.3) is 5.91 Å². The Morgan fingerprint density at radius 2 is 2.10 bits per heavy atom. The van der Waals surface area contributed by atoms with Crippen molar-refractivity contribution in [2.75, 3.05) is 37.8 Å². The summed E-state index contributed by atoms with van der Waals surface area (Å²) in [5.74, 6) is 1.18. The number of piperidine rings is 1. The quantitative estimate of drug-likeness (QED) is 0.927. The molecule has 2 heterocycles. The largest absolute Gasteiger partial charge is 0.382 e. The molecule has 6 heteroatoms. The van der Waals surface area contributed by atoms with Crippen LogP contribution < -0.4 is 10.6 Å². The fourth-order valence-corrected chi connectivity index (χ4v) is 3.52. The summed E-state index contributed by atoms with van der Waals surface area (Å²) in [6, 6.07) is 0. The van der Waals surface area contributed by atoms with E-state index in [4.69, 9.17) is 5.73 Å². The van der Waals surface area contributed by atoms with E-state index in [0.717, 1.165) is 37.0 Å². The van der Waals surface area contributed by atoms with Gasteiger partial charge in [0.15, 0.2) is 5.13 Å². The van der Waals surface area contributed by atoms with E-state index in [1.807, 2.05) is 23.9 Å². The molecule has 5 nitrogen and oxygen atoms in total. The first-order valence-corrected chi connectivity index (χ1v) is 8.07. The highest BCUT2D eigenvalue weighted by Gasteiger charge is 2.26. The Labute approximate surface area is 124 Å². The van der Waals surface area contributed by atoms with Crippen LogP contribution in [0.15, 0.2) is 0 Å². The zero-order valence-electron chi connectivity index (χ0n) is 12.6. The zero-order valence-corrected chi connectivity index (χ0v) is 13.4. The number of aromatic nitrogens is 1. The van der Waals surface area contributed by atoms with Crippen LogP contribution in [0.5, 0.6) is 0 Å².